The van der Waals surface area contributed by atoms with Crippen LogP contribution in [0.2, 0.25) is 0 Å². The van der Waals surface area contributed by atoms with Gasteiger partial charge in [-0.15, -0.1) is 11.8 Å². The topological polar surface area (TPSA) is 78.4 Å². The van der Waals surface area contributed by atoms with E-state index in [1.54, 1.807) is 13.2 Å². The van der Waals surface area contributed by atoms with E-state index in [2.05, 4.69) is 0 Å². The first-order valence-electron chi connectivity index (χ1n) is 6.36. The summed E-state index contributed by atoms with van der Waals surface area (Å²) in [5.41, 5.74) is 7.28. The van der Waals surface area contributed by atoms with Crippen molar-refractivity contribution >= 4 is 17.4 Å². The molecule has 1 atom stereocenters. The number of benzene rings is 2. The van der Waals surface area contributed by atoms with Gasteiger partial charge in [-0.3, -0.25) is 10.1 Å². The van der Waals surface area contributed by atoms with Crippen LogP contribution in [0.5, 0.6) is 5.75 Å². The second kappa shape index (κ2) is 6.99. The van der Waals surface area contributed by atoms with Gasteiger partial charge in [0.1, 0.15) is 5.75 Å². The second-order valence-corrected chi connectivity index (χ2v) is 5.74. The van der Waals surface area contributed by atoms with Gasteiger partial charge in [0.25, 0.3) is 0 Å². The fraction of sp³-hybridized carbons (Fsp3) is 0.200. The monoisotopic (exact) mass is 304 g/mol. The molecule has 2 rings (SSSR count). The molecule has 0 aliphatic rings. The molecule has 0 aliphatic carbocycles. The van der Waals surface area contributed by atoms with Gasteiger partial charge in [-0.05, 0) is 35.9 Å². The van der Waals surface area contributed by atoms with E-state index in [9.17, 15) is 10.1 Å². The van der Waals surface area contributed by atoms with Gasteiger partial charge < -0.3 is 10.5 Å². The Morgan fingerprint density at radius 1 is 1.29 bits per heavy atom. The van der Waals surface area contributed by atoms with Crippen LogP contribution in [0.25, 0.3) is 0 Å². The summed E-state index contributed by atoms with van der Waals surface area (Å²) in [5, 5.41) is 10.6. The van der Waals surface area contributed by atoms with Gasteiger partial charge >= 0.3 is 0 Å². The van der Waals surface area contributed by atoms with Crippen molar-refractivity contribution in [2.45, 2.75) is 10.1 Å². The summed E-state index contributed by atoms with van der Waals surface area (Å²) < 4.78 is 5.11. The number of nitro groups is 1. The van der Waals surface area contributed by atoms with Crippen molar-refractivity contribution in [2.75, 3.05) is 19.4 Å². The molecule has 2 aromatic rings. The van der Waals surface area contributed by atoms with Crippen molar-refractivity contribution in [2.24, 2.45) is 0 Å². The highest BCUT2D eigenvalue weighted by atomic mass is 32.2. The molecule has 0 aliphatic heterocycles. The average molecular weight is 304 g/mol. The molecule has 0 aromatic heterocycles. The summed E-state index contributed by atoms with van der Waals surface area (Å²) >= 11 is 1.44. The zero-order valence-electron chi connectivity index (χ0n) is 11.6. The molecule has 21 heavy (non-hydrogen) atoms. The maximum absolute atomic E-state index is 10.9. The lowest BCUT2D eigenvalue weighted by Gasteiger charge is -2.14. The van der Waals surface area contributed by atoms with E-state index < -0.39 is 0 Å². The molecular formula is C15H16N2O3S. The fourth-order valence-electron chi connectivity index (χ4n) is 1.92. The third-order valence-electron chi connectivity index (χ3n) is 2.94. The second-order valence-electron chi connectivity index (χ2n) is 4.47. The van der Waals surface area contributed by atoms with Crippen LogP contribution in [0.3, 0.4) is 0 Å². The van der Waals surface area contributed by atoms with Crippen LogP contribution >= 0.6 is 11.8 Å². The molecular weight excluding hydrogens is 288 g/mol. The Kier molecular flexibility index (Phi) is 5.05. The summed E-state index contributed by atoms with van der Waals surface area (Å²) in [6.45, 7) is -0.147. The van der Waals surface area contributed by atoms with Crippen LogP contribution < -0.4 is 10.5 Å². The van der Waals surface area contributed by atoms with Crippen molar-refractivity contribution in [3.63, 3.8) is 0 Å². The molecule has 0 amide bonds. The highest BCUT2D eigenvalue weighted by Gasteiger charge is 2.19. The lowest BCUT2D eigenvalue weighted by Crippen LogP contribution is -2.09. The molecule has 0 fully saturated rings. The standard InChI is InChI=1S/C15H16N2O3S/c1-20-13-7-5-11(6-8-13)15(10-17(18)19)21-14-4-2-3-12(16)9-14/h2-9,15H,10,16H2,1H3/t15-/m1/s1. The maximum Gasteiger partial charge on any atom is 0.220 e. The number of methoxy groups -OCH3 is 1. The molecule has 0 spiro atoms. The van der Waals surface area contributed by atoms with Gasteiger partial charge in [0, 0.05) is 15.5 Å². The molecule has 0 heterocycles. The molecule has 0 unspecified atom stereocenters. The van der Waals surface area contributed by atoms with Crippen molar-refractivity contribution in [3.8, 4) is 5.75 Å². The lowest BCUT2D eigenvalue weighted by molar-refractivity contribution is -0.479. The van der Waals surface area contributed by atoms with Gasteiger partial charge in [-0.25, -0.2) is 0 Å². The molecule has 2 aromatic carbocycles. The highest BCUT2D eigenvalue weighted by Crippen LogP contribution is 2.36. The van der Waals surface area contributed by atoms with Crippen LogP contribution in [0.15, 0.2) is 53.4 Å². The molecule has 0 bridgehead atoms. The number of thioether (sulfide) groups is 1. The van der Waals surface area contributed by atoms with Gasteiger partial charge in [-0.1, -0.05) is 18.2 Å². The van der Waals surface area contributed by atoms with Crippen LogP contribution in [-0.2, 0) is 0 Å². The molecule has 110 valence electrons. The summed E-state index contributed by atoms with van der Waals surface area (Å²) in [5.74, 6) is 0.729. The van der Waals surface area contributed by atoms with Crippen LogP contribution in [-0.4, -0.2) is 18.6 Å². The fourth-order valence-corrected chi connectivity index (χ4v) is 3.10. The van der Waals surface area contributed by atoms with Crippen molar-refractivity contribution in [3.05, 3.63) is 64.2 Å². The van der Waals surface area contributed by atoms with E-state index in [0.717, 1.165) is 16.2 Å². The normalized spacial score (nSPS) is 11.9. The quantitative estimate of drug-likeness (QED) is 0.383. The minimum Gasteiger partial charge on any atom is -0.497 e. The number of nitrogen functional groups attached to an aromatic ring is 1. The maximum atomic E-state index is 10.9. The molecule has 0 saturated heterocycles. The van der Waals surface area contributed by atoms with E-state index in [1.165, 1.54) is 11.8 Å². The largest absolute Gasteiger partial charge is 0.497 e. The Hall–Kier alpha value is -2.21. The Balaban J connectivity index is 2.22. The summed E-state index contributed by atoms with van der Waals surface area (Å²) in [4.78, 5) is 11.5. The van der Waals surface area contributed by atoms with Gasteiger partial charge in [0.2, 0.25) is 6.54 Å². The number of anilines is 1. The SMILES string of the molecule is COc1ccc([C@@H](C[N+](=O)[O-])Sc2cccc(N)c2)cc1. The Labute approximate surface area is 127 Å². The molecule has 0 saturated carbocycles. The van der Waals surface area contributed by atoms with E-state index in [4.69, 9.17) is 10.5 Å². The third-order valence-corrected chi connectivity index (χ3v) is 4.17. The van der Waals surface area contributed by atoms with E-state index in [1.807, 2.05) is 42.5 Å². The average Bonchev–Trinajstić information content (AvgIpc) is 2.46. The van der Waals surface area contributed by atoms with Crippen LogP contribution in [0.4, 0.5) is 5.69 Å². The highest BCUT2D eigenvalue weighted by molar-refractivity contribution is 7.99. The molecule has 6 heteroatoms. The predicted molar refractivity (Wildman–Crippen MR) is 84.3 cm³/mol. The summed E-state index contributed by atoms with van der Waals surface area (Å²) in [6, 6.07) is 14.7. The Bertz CT molecular complexity index is 617. The minimum atomic E-state index is -0.297. The van der Waals surface area contributed by atoms with Crippen molar-refractivity contribution in [1.82, 2.24) is 0 Å². The number of hydrogen-bond acceptors (Lipinski definition) is 5. The summed E-state index contributed by atoms with van der Waals surface area (Å²) in [6.07, 6.45) is 0. The van der Waals surface area contributed by atoms with Crippen LogP contribution in [0, 0.1) is 10.1 Å². The zero-order chi connectivity index (χ0) is 15.2. The first kappa shape index (κ1) is 15.2. The van der Waals surface area contributed by atoms with E-state index in [-0.39, 0.29) is 16.7 Å². The molecule has 2 N–H and O–H groups in total. The number of rotatable bonds is 6. The zero-order valence-corrected chi connectivity index (χ0v) is 12.4. The number of nitrogens with zero attached hydrogens (tertiary/aromatic N) is 1. The first-order chi connectivity index (χ1) is 10.1. The van der Waals surface area contributed by atoms with Crippen molar-refractivity contribution < 1.29 is 9.66 Å². The smallest absolute Gasteiger partial charge is 0.220 e. The molecule has 0 radical (unpaired) electrons. The number of nitrogens with two attached hydrogens (primary N) is 1. The minimum absolute atomic E-state index is 0.147. The van der Waals surface area contributed by atoms with E-state index >= 15 is 0 Å². The van der Waals surface area contributed by atoms with Gasteiger partial charge in [0.05, 0.1) is 12.4 Å². The number of hydrogen-bond donors (Lipinski definition) is 1. The number of ether oxygens (including phenoxy) is 1. The van der Waals surface area contributed by atoms with Gasteiger partial charge in [-0.2, -0.15) is 0 Å². The predicted octanol–water partition coefficient (Wildman–Crippen LogP) is 3.39. The Morgan fingerprint density at radius 3 is 2.57 bits per heavy atom. The summed E-state index contributed by atoms with van der Waals surface area (Å²) in [7, 11) is 1.59. The Morgan fingerprint density at radius 2 is 2.00 bits per heavy atom. The van der Waals surface area contributed by atoms with Gasteiger partial charge in [0.15, 0.2) is 0 Å². The first-order valence-corrected chi connectivity index (χ1v) is 7.24. The van der Waals surface area contributed by atoms with Crippen LogP contribution in [0.1, 0.15) is 10.8 Å². The van der Waals surface area contributed by atoms with Crippen molar-refractivity contribution in [1.29, 1.82) is 0 Å². The lowest BCUT2D eigenvalue weighted by atomic mass is 10.1. The molecule has 5 nitrogen and oxygen atoms in total. The van der Waals surface area contributed by atoms with E-state index in [0.29, 0.717) is 5.69 Å². The third kappa shape index (κ3) is 4.39.